The Hall–Kier alpha value is -1.55. The molecule has 0 spiro atoms. The van der Waals surface area contributed by atoms with Crippen molar-refractivity contribution in [3.8, 4) is 5.75 Å². The number of hydrogen-bond donors (Lipinski definition) is 1. The standard InChI is InChI=1S/C13H11BrFNO/c14-11-7-10(15)5-6-13(11)17-8-9-3-1-2-4-12(9)16/h1-7H,8,16H2. The molecule has 2 rings (SSSR count). The summed E-state index contributed by atoms with van der Waals surface area (Å²) in [6, 6.07) is 11.8. The topological polar surface area (TPSA) is 35.2 Å². The Bertz CT molecular complexity index is 531. The van der Waals surface area contributed by atoms with Crippen molar-refractivity contribution in [3.05, 3.63) is 58.3 Å². The van der Waals surface area contributed by atoms with Gasteiger partial charge >= 0.3 is 0 Å². The van der Waals surface area contributed by atoms with Gasteiger partial charge in [-0.1, -0.05) is 18.2 Å². The Kier molecular flexibility index (Phi) is 3.64. The molecule has 0 bridgehead atoms. The van der Waals surface area contributed by atoms with Crippen LogP contribution in [0.5, 0.6) is 5.75 Å². The van der Waals surface area contributed by atoms with Gasteiger partial charge in [-0.05, 0) is 40.2 Å². The Balaban J connectivity index is 2.10. The predicted molar refractivity (Wildman–Crippen MR) is 69.3 cm³/mol. The molecular formula is C13H11BrFNO. The minimum atomic E-state index is -0.302. The van der Waals surface area contributed by atoms with E-state index in [-0.39, 0.29) is 5.82 Å². The van der Waals surface area contributed by atoms with Gasteiger partial charge in [0, 0.05) is 11.3 Å². The SMILES string of the molecule is Nc1ccccc1COc1ccc(F)cc1Br. The van der Waals surface area contributed by atoms with Crippen LogP contribution in [0.4, 0.5) is 10.1 Å². The molecule has 0 aromatic heterocycles. The van der Waals surface area contributed by atoms with Gasteiger partial charge in [-0.2, -0.15) is 0 Å². The molecule has 4 heteroatoms. The molecule has 0 radical (unpaired) electrons. The maximum atomic E-state index is 12.9. The summed E-state index contributed by atoms with van der Waals surface area (Å²) in [5.74, 6) is 0.290. The van der Waals surface area contributed by atoms with E-state index in [9.17, 15) is 4.39 Å². The van der Waals surface area contributed by atoms with Crippen molar-refractivity contribution >= 4 is 21.6 Å². The molecule has 0 aliphatic carbocycles. The molecule has 2 aromatic rings. The first-order valence-electron chi connectivity index (χ1n) is 5.08. The third-order valence-electron chi connectivity index (χ3n) is 2.33. The second kappa shape index (κ2) is 5.19. The summed E-state index contributed by atoms with van der Waals surface area (Å²) in [6.07, 6.45) is 0. The molecule has 0 amide bonds. The van der Waals surface area contributed by atoms with Crippen molar-refractivity contribution < 1.29 is 9.13 Å². The molecule has 0 saturated carbocycles. The molecule has 0 aliphatic rings. The number of para-hydroxylation sites is 1. The first kappa shape index (κ1) is 11.9. The average Bonchev–Trinajstić information content (AvgIpc) is 2.30. The molecule has 88 valence electrons. The van der Waals surface area contributed by atoms with E-state index in [4.69, 9.17) is 10.5 Å². The lowest BCUT2D eigenvalue weighted by atomic mass is 10.2. The third-order valence-corrected chi connectivity index (χ3v) is 2.95. The van der Waals surface area contributed by atoms with Crippen LogP contribution in [0.25, 0.3) is 0 Å². The lowest BCUT2D eigenvalue weighted by molar-refractivity contribution is 0.304. The molecule has 2 aromatic carbocycles. The highest BCUT2D eigenvalue weighted by atomic mass is 79.9. The monoisotopic (exact) mass is 295 g/mol. The molecule has 0 heterocycles. The van der Waals surface area contributed by atoms with Crippen LogP contribution in [-0.4, -0.2) is 0 Å². The van der Waals surface area contributed by atoms with E-state index >= 15 is 0 Å². The molecule has 0 atom stereocenters. The second-order valence-electron chi connectivity index (χ2n) is 3.56. The van der Waals surface area contributed by atoms with E-state index in [1.54, 1.807) is 6.07 Å². The van der Waals surface area contributed by atoms with E-state index in [1.165, 1.54) is 12.1 Å². The number of halogens is 2. The van der Waals surface area contributed by atoms with Crippen LogP contribution in [0.2, 0.25) is 0 Å². The lowest BCUT2D eigenvalue weighted by Crippen LogP contribution is -2.00. The van der Waals surface area contributed by atoms with Gasteiger partial charge in [0.2, 0.25) is 0 Å². The molecule has 17 heavy (non-hydrogen) atoms. The van der Waals surface area contributed by atoms with Gasteiger partial charge < -0.3 is 10.5 Å². The molecule has 0 aliphatic heterocycles. The van der Waals surface area contributed by atoms with Gasteiger partial charge in [-0.3, -0.25) is 0 Å². The largest absolute Gasteiger partial charge is 0.488 e. The minimum absolute atomic E-state index is 0.302. The maximum Gasteiger partial charge on any atom is 0.134 e. The number of rotatable bonds is 3. The van der Waals surface area contributed by atoms with Crippen molar-refractivity contribution in [2.75, 3.05) is 5.73 Å². The summed E-state index contributed by atoms with van der Waals surface area (Å²) < 4.78 is 19.0. The highest BCUT2D eigenvalue weighted by Crippen LogP contribution is 2.26. The summed E-state index contributed by atoms with van der Waals surface area (Å²) in [7, 11) is 0. The van der Waals surface area contributed by atoms with Gasteiger partial charge in [0.05, 0.1) is 4.47 Å². The number of benzene rings is 2. The smallest absolute Gasteiger partial charge is 0.134 e. The van der Waals surface area contributed by atoms with Gasteiger partial charge in [-0.15, -0.1) is 0 Å². The van der Waals surface area contributed by atoms with Crippen LogP contribution in [0.1, 0.15) is 5.56 Å². The molecule has 2 N–H and O–H groups in total. The first-order chi connectivity index (χ1) is 8.16. The lowest BCUT2D eigenvalue weighted by Gasteiger charge is -2.09. The fraction of sp³-hybridized carbons (Fsp3) is 0.0769. The van der Waals surface area contributed by atoms with E-state index in [1.807, 2.05) is 24.3 Å². The zero-order valence-corrected chi connectivity index (χ0v) is 10.6. The van der Waals surface area contributed by atoms with E-state index in [0.29, 0.717) is 22.5 Å². The van der Waals surface area contributed by atoms with Gasteiger partial charge in [-0.25, -0.2) is 4.39 Å². The zero-order chi connectivity index (χ0) is 12.3. The van der Waals surface area contributed by atoms with E-state index < -0.39 is 0 Å². The van der Waals surface area contributed by atoms with Crippen LogP contribution in [-0.2, 0) is 6.61 Å². The van der Waals surface area contributed by atoms with Crippen LogP contribution in [0.15, 0.2) is 46.9 Å². The first-order valence-corrected chi connectivity index (χ1v) is 5.87. The number of ether oxygens (including phenoxy) is 1. The van der Waals surface area contributed by atoms with Crippen molar-refractivity contribution in [1.29, 1.82) is 0 Å². The fourth-order valence-corrected chi connectivity index (χ4v) is 1.88. The highest BCUT2D eigenvalue weighted by molar-refractivity contribution is 9.10. The summed E-state index contributed by atoms with van der Waals surface area (Å²) in [5, 5.41) is 0. The quantitative estimate of drug-likeness (QED) is 0.875. The third kappa shape index (κ3) is 2.97. The van der Waals surface area contributed by atoms with Crippen molar-refractivity contribution in [2.24, 2.45) is 0 Å². The van der Waals surface area contributed by atoms with E-state index in [2.05, 4.69) is 15.9 Å². The van der Waals surface area contributed by atoms with Crippen molar-refractivity contribution in [1.82, 2.24) is 0 Å². The van der Waals surface area contributed by atoms with Crippen LogP contribution >= 0.6 is 15.9 Å². The second-order valence-corrected chi connectivity index (χ2v) is 4.42. The molecule has 0 fully saturated rings. The van der Waals surface area contributed by atoms with Gasteiger partial charge in [0.1, 0.15) is 18.2 Å². The number of hydrogen-bond acceptors (Lipinski definition) is 2. The van der Waals surface area contributed by atoms with Crippen molar-refractivity contribution in [2.45, 2.75) is 6.61 Å². The molecular weight excluding hydrogens is 285 g/mol. The van der Waals surface area contributed by atoms with Crippen molar-refractivity contribution in [3.63, 3.8) is 0 Å². The summed E-state index contributed by atoms with van der Waals surface area (Å²) >= 11 is 3.24. The summed E-state index contributed by atoms with van der Waals surface area (Å²) in [5.41, 5.74) is 7.39. The van der Waals surface area contributed by atoms with Crippen LogP contribution in [0.3, 0.4) is 0 Å². The molecule has 2 nitrogen and oxygen atoms in total. The Morgan fingerprint density at radius 1 is 1.18 bits per heavy atom. The predicted octanol–water partition coefficient (Wildman–Crippen LogP) is 3.75. The Morgan fingerprint density at radius 2 is 1.94 bits per heavy atom. The van der Waals surface area contributed by atoms with E-state index in [0.717, 1.165) is 5.56 Å². The fourth-order valence-electron chi connectivity index (χ4n) is 1.41. The summed E-state index contributed by atoms with van der Waals surface area (Å²) in [4.78, 5) is 0. The zero-order valence-electron chi connectivity index (χ0n) is 8.99. The maximum absolute atomic E-state index is 12.9. The van der Waals surface area contributed by atoms with Crippen LogP contribution in [0, 0.1) is 5.82 Å². The molecule has 0 unspecified atom stereocenters. The summed E-state index contributed by atoms with van der Waals surface area (Å²) in [6.45, 7) is 0.358. The Morgan fingerprint density at radius 3 is 2.65 bits per heavy atom. The molecule has 0 saturated heterocycles. The Labute approximate surface area is 107 Å². The minimum Gasteiger partial charge on any atom is -0.488 e. The van der Waals surface area contributed by atoms with Gasteiger partial charge in [0.25, 0.3) is 0 Å². The normalized spacial score (nSPS) is 10.2. The number of anilines is 1. The van der Waals surface area contributed by atoms with Gasteiger partial charge in [0.15, 0.2) is 0 Å². The number of nitrogen functional groups attached to an aromatic ring is 1. The number of nitrogens with two attached hydrogens (primary N) is 1. The average molecular weight is 296 g/mol. The van der Waals surface area contributed by atoms with Crippen LogP contribution < -0.4 is 10.5 Å². The highest BCUT2D eigenvalue weighted by Gasteiger charge is 2.04.